The van der Waals surface area contributed by atoms with Gasteiger partial charge in [0.15, 0.2) is 5.96 Å². The van der Waals surface area contributed by atoms with Crippen molar-refractivity contribution < 1.29 is 13.2 Å². The molecule has 1 unspecified atom stereocenters. The van der Waals surface area contributed by atoms with Crippen LogP contribution in [-0.4, -0.2) is 73.8 Å². The molecule has 1 atom stereocenters. The van der Waals surface area contributed by atoms with Crippen molar-refractivity contribution in [3.63, 3.8) is 0 Å². The molecule has 3 rings (SSSR count). The smallest absolute Gasteiger partial charge is 0.364 e. The summed E-state index contributed by atoms with van der Waals surface area (Å²) in [5.74, 6) is 0.764. The fourth-order valence-corrected chi connectivity index (χ4v) is 3.62. The van der Waals surface area contributed by atoms with Gasteiger partial charge in [0.25, 0.3) is 0 Å². The van der Waals surface area contributed by atoms with Crippen molar-refractivity contribution >= 4 is 35.6 Å². The van der Waals surface area contributed by atoms with Crippen LogP contribution in [-0.2, 0) is 6.54 Å². The Morgan fingerprint density at radius 3 is 2.20 bits per heavy atom. The van der Waals surface area contributed by atoms with Crippen LogP contribution in [0.4, 0.5) is 18.9 Å². The molecule has 1 N–H and O–H groups in total. The SMILES string of the molecule is CCNC(=NCc1ccc(N2CC=CC2)cc1)N1CCN(C(C)C(F)(F)F)CC1.I. The van der Waals surface area contributed by atoms with Crippen LogP contribution in [0.5, 0.6) is 0 Å². The third-order valence-electron chi connectivity index (χ3n) is 5.50. The number of nitrogens with one attached hydrogen (secondary N) is 1. The highest BCUT2D eigenvalue weighted by molar-refractivity contribution is 14.0. The van der Waals surface area contributed by atoms with Gasteiger partial charge in [-0.2, -0.15) is 13.2 Å². The Balaban J connectivity index is 0.00000320. The van der Waals surface area contributed by atoms with Crippen LogP contribution in [0.2, 0.25) is 0 Å². The lowest BCUT2D eigenvalue weighted by Crippen LogP contribution is -2.56. The summed E-state index contributed by atoms with van der Waals surface area (Å²) in [4.78, 5) is 10.5. The molecular formula is C21H31F3IN5. The van der Waals surface area contributed by atoms with Crippen LogP contribution in [0.15, 0.2) is 41.4 Å². The van der Waals surface area contributed by atoms with E-state index in [1.165, 1.54) is 17.5 Å². The van der Waals surface area contributed by atoms with E-state index in [0.29, 0.717) is 32.7 Å². The lowest BCUT2D eigenvalue weighted by atomic mass is 10.2. The first-order valence-electron chi connectivity index (χ1n) is 10.2. The van der Waals surface area contributed by atoms with Crippen LogP contribution in [0.25, 0.3) is 0 Å². The van der Waals surface area contributed by atoms with E-state index in [9.17, 15) is 13.2 Å². The molecule has 0 bridgehead atoms. The zero-order valence-corrected chi connectivity index (χ0v) is 19.9. The summed E-state index contributed by atoms with van der Waals surface area (Å²) >= 11 is 0. The maximum atomic E-state index is 12.9. The van der Waals surface area contributed by atoms with Gasteiger partial charge >= 0.3 is 6.18 Å². The fourth-order valence-electron chi connectivity index (χ4n) is 3.62. The van der Waals surface area contributed by atoms with Crippen molar-refractivity contribution in [1.29, 1.82) is 0 Å². The fraction of sp³-hybridized carbons (Fsp3) is 0.571. The van der Waals surface area contributed by atoms with Gasteiger partial charge < -0.3 is 15.1 Å². The van der Waals surface area contributed by atoms with E-state index in [1.54, 1.807) is 0 Å². The molecule has 1 fully saturated rings. The second-order valence-corrected chi connectivity index (χ2v) is 7.45. The number of piperazine rings is 1. The average Bonchev–Trinajstić information content (AvgIpc) is 3.25. The first kappa shape index (κ1) is 24.8. The zero-order chi connectivity index (χ0) is 20.9. The van der Waals surface area contributed by atoms with Gasteiger partial charge in [-0.15, -0.1) is 24.0 Å². The highest BCUT2D eigenvalue weighted by Crippen LogP contribution is 2.25. The number of guanidine groups is 1. The third-order valence-corrected chi connectivity index (χ3v) is 5.50. The number of anilines is 1. The van der Waals surface area contributed by atoms with Gasteiger partial charge in [0.05, 0.1) is 6.54 Å². The van der Waals surface area contributed by atoms with Gasteiger partial charge in [-0.05, 0) is 31.5 Å². The standard InChI is InChI=1S/C21H30F3N5.HI/c1-3-25-20(29-14-12-27(13-15-29)17(2)21(22,23)24)26-16-18-6-8-19(9-7-18)28-10-4-5-11-28;/h4-9,17H,3,10-16H2,1-2H3,(H,25,26);1H. The molecule has 0 radical (unpaired) electrons. The van der Waals surface area contributed by atoms with Gasteiger partial charge in [-0.1, -0.05) is 24.3 Å². The van der Waals surface area contributed by atoms with E-state index in [-0.39, 0.29) is 24.0 Å². The highest BCUT2D eigenvalue weighted by Gasteiger charge is 2.41. The summed E-state index contributed by atoms with van der Waals surface area (Å²) in [6.07, 6.45) is 0.143. The monoisotopic (exact) mass is 537 g/mol. The van der Waals surface area contributed by atoms with Crippen LogP contribution in [0, 0.1) is 0 Å². The number of hydrogen-bond acceptors (Lipinski definition) is 3. The minimum atomic E-state index is -4.18. The Labute approximate surface area is 194 Å². The molecule has 1 aromatic rings. The molecule has 5 nitrogen and oxygen atoms in total. The van der Waals surface area contributed by atoms with Crippen molar-refractivity contribution in [1.82, 2.24) is 15.1 Å². The average molecular weight is 537 g/mol. The zero-order valence-electron chi connectivity index (χ0n) is 17.5. The number of halogens is 4. The Bertz CT molecular complexity index is 704. The molecule has 1 saturated heterocycles. The number of nitrogens with zero attached hydrogens (tertiary/aromatic N) is 4. The van der Waals surface area contributed by atoms with Crippen molar-refractivity contribution in [3.05, 3.63) is 42.0 Å². The first-order chi connectivity index (χ1) is 13.9. The molecular weight excluding hydrogens is 506 g/mol. The van der Waals surface area contributed by atoms with Crippen molar-refractivity contribution in [2.24, 2.45) is 4.99 Å². The van der Waals surface area contributed by atoms with Crippen molar-refractivity contribution in [2.45, 2.75) is 32.6 Å². The Hall–Kier alpha value is -1.49. The van der Waals surface area contributed by atoms with Gasteiger partial charge in [0.1, 0.15) is 6.04 Å². The molecule has 2 heterocycles. The topological polar surface area (TPSA) is 34.1 Å². The molecule has 2 aliphatic heterocycles. The molecule has 30 heavy (non-hydrogen) atoms. The molecule has 0 spiro atoms. The van der Waals surface area contributed by atoms with Crippen molar-refractivity contribution in [2.75, 3.05) is 50.7 Å². The second kappa shape index (κ2) is 11.2. The van der Waals surface area contributed by atoms with Crippen LogP contribution >= 0.6 is 24.0 Å². The van der Waals surface area contributed by atoms with E-state index in [0.717, 1.165) is 31.2 Å². The second-order valence-electron chi connectivity index (χ2n) is 7.45. The largest absolute Gasteiger partial charge is 0.403 e. The number of alkyl halides is 3. The molecule has 2 aliphatic rings. The van der Waals surface area contributed by atoms with Gasteiger partial charge in [0.2, 0.25) is 0 Å². The van der Waals surface area contributed by atoms with E-state index in [4.69, 9.17) is 4.99 Å². The molecule has 0 saturated carbocycles. The minimum absolute atomic E-state index is 0. The molecule has 9 heteroatoms. The Morgan fingerprint density at radius 2 is 1.67 bits per heavy atom. The summed E-state index contributed by atoms with van der Waals surface area (Å²) in [6, 6.07) is 6.99. The molecule has 168 valence electrons. The van der Waals surface area contributed by atoms with E-state index >= 15 is 0 Å². The van der Waals surface area contributed by atoms with Gasteiger partial charge in [-0.25, -0.2) is 4.99 Å². The van der Waals surface area contributed by atoms with E-state index < -0.39 is 12.2 Å². The first-order valence-corrected chi connectivity index (χ1v) is 10.2. The maximum Gasteiger partial charge on any atom is 0.403 e. The lowest BCUT2D eigenvalue weighted by Gasteiger charge is -2.39. The summed E-state index contributed by atoms with van der Waals surface area (Å²) in [5.41, 5.74) is 2.31. The van der Waals surface area contributed by atoms with Crippen LogP contribution in [0.1, 0.15) is 19.4 Å². The van der Waals surface area contributed by atoms with Gasteiger partial charge in [0, 0.05) is 51.5 Å². The predicted molar refractivity (Wildman–Crippen MR) is 127 cm³/mol. The van der Waals surface area contributed by atoms with Crippen molar-refractivity contribution in [3.8, 4) is 0 Å². The summed E-state index contributed by atoms with van der Waals surface area (Å²) in [6.45, 7) is 8.21. The maximum absolute atomic E-state index is 12.9. The molecule has 1 aromatic carbocycles. The normalized spacial score (nSPS) is 19.0. The number of benzene rings is 1. The molecule has 0 aliphatic carbocycles. The quantitative estimate of drug-likeness (QED) is 0.269. The number of hydrogen-bond donors (Lipinski definition) is 1. The Kier molecular flexibility index (Phi) is 9.27. The van der Waals surface area contributed by atoms with E-state index in [2.05, 4.69) is 46.6 Å². The Morgan fingerprint density at radius 1 is 1.07 bits per heavy atom. The van der Waals surface area contributed by atoms with E-state index in [1.807, 2.05) is 11.8 Å². The summed E-state index contributed by atoms with van der Waals surface area (Å²) in [7, 11) is 0. The molecule has 0 aromatic heterocycles. The van der Waals surface area contributed by atoms with Gasteiger partial charge in [-0.3, -0.25) is 4.90 Å². The van der Waals surface area contributed by atoms with Crippen LogP contribution < -0.4 is 10.2 Å². The van der Waals surface area contributed by atoms with Crippen LogP contribution in [0.3, 0.4) is 0 Å². The highest BCUT2D eigenvalue weighted by atomic mass is 127. The summed E-state index contributed by atoms with van der Waals surface area (Å²) < 4.78 is 38.8. The summed E-state index contributed by atoms with van der Waals surface area (Å²) in [5, 5.41) is 3.27. The lowest BCUT2D eigenvalue weighted by molar-refractivity contribution is -0.181. The third kappa shape index (κ3) is 6.50. The predicted octanol–water partition coefficient (Wildman–Crippen LogP) is 3.71. The minimum Gasteiger partial charge on any atom is -0.364 e. The number of rotatable bonds is 5. The number of aliphatic imine (C=N–C) groups is 1. The molecule has 0 amide bonds.